The third-order valence-corrected chi connectivity index (χ3v) is 1.38. The number of ether oxygens (including phenoxy) is 1. The van der Waals surface area contributed by atoms with Crippen molar-refractivity contribution in [3.05, 3.63) is 12.4 Å². The molecule has 0 fully saturated rings. The summed E-state index contributed by atoms with van der Waals surface area (Å²) in [4.78, 5) is 0. The zero-order valence-electron chi connectivity index (χ0n) is 7.16. The van der Waals surface area contributed by atoms with E-state index in [1.807, 2.05) is 10.9 Å². The van der Waals surface area contributed by atoms with Crippen LogP contribution in [0.3, 0.4) is 0 Å². The molecular weight excluding hydrogens is 152 g/mol. The predicted octanol–water partition coefficient (Wildman–Crippen LogP) is 1.31. The van der Waals surface area contributed by atoms with E-state index in [0.717, 1.165) is 18.7 Å². The fourth-order valence-electron chi connectivity index (χ4n) is 0.896. The normalized spacial score (nSPS) is 9.33. The maximum absolute atomic E-state index is 5.16. The molecule has 0 saturated carbocycles. The molecule has 64 valence electrons. The van der Waals surface area contributed by atoms with E-state index >= 15 is 0 Å². The van der Waals surface area contributed by atoms with Crippen LogP contribution < -0.4 is 4.74 Å². The summed E-state index contributed by atoms with van der Waals surface area (Å²) in [6, 6.07) is 0. The van der Waals surface area contributed by atoms with Gasteiger partial charge in [-0.15, -0.1) is 6.42 Å². The third-order valence-electron chi connectivity index (χ3n) is 1.38. The minimum absolute atomic E-state index is 0.303. The Morgan fingerprint density at radius 2 is 2.58 bits per heavy atom. The molecule has 1 aromatic heterocycles. The van der Waals surface area contributed by atoms with Crippen molar-refractivity contribution in [2.24, 2.45) is 0 Å². The van der Waals surface area contributed by atoms with Crippen LogP contribution in [0.15, 0.2) is 12.4 Å². The summed E-state index contributed by atoms with van der Waals surface area (Å²) in [5.41, 5.74) is 0. The Morgan fingerprint density at radius 3 is 3.25 bits per heavy atom. The molecule has 0 amide bonds. The molecule has 0 unspecified atom stereocenters. The van der Waals surface area contributed by atoms with Crippen LogP contribution in [-0.2, 0) is 6.54 Å². The van der Waals surface area contributed by atoms with Gasteiger partial charge in [0, 0.05) is 6.54 Å². The maximum Gasteiger partial charge on any atom is 0.158 e. The van der Waals surface area contributed by atoms with Crippen molar-refractivity contribution in [2.75, 3.05) is 6.61 Å². The summed E-state index contributed by atoms with van der Waals surface area (Å²) in [5.74, 6) is 3.14. The van der Waals surface area contributed by atoms with Crippen molar-refractivity contribution in [2.45, 2.75) is 19.9 Å². The van der Waals surface area contributed by atoms with Gasteiger partial charge < -0.3 is 4.74 Å². The van der Waals surface area contributed by atoms with Gasteiger partial charge in [0.05, 0.1) is 12.4 Å². The second-order valence-corrected chi connectivity index (χ2v) is 2.43. The molecule has 0 aliphatic heterocycles. The molecule has 0 aromatic carbocycles. The van der Waals surface area contributed by atoms with Crippen molar-refractivity contribution in [1.29, 1.82) is 0 Å². The highest BCUT2D eigenvalue weighted by Gasteiger charge is 1.96. The number of nitrogens with zero attached hydrogens (tertiary/aromatic N) is 2. The molecule has 0 N–H and O–H groups in total. The molecule has 12 heavy (non-hydrogen) atoms. The molecule has 0 aliphatic rings. The van der Waals surface area contributed by atoms with E-state index in [9.17, 15) is 0 Å². The average molecular weight is 164 g/mol. The minimum Gasteiger partial charge on any atom is -0.478 e. The van der Waals surface area contributed by atoms with E-state index in [1.165, 1.54) is 0 Å². The molecule has 3 nitrogen and oxygen atoms in total. The number of hydrogen-bond donors (Lipinski definition) is 0. The monoisotopic (exact) mass is 164 g/mol. The second-order valence-electron chi connectivity index (χ2n) is 2.43. The molecule has 1 rings (SSSR count). The average Bonchev–Trinajstić information content (AvgIpc) is 2.50. The van der Waals surface area contributed by atoms with Crippen molar-refractivity contribution in [1.82, 2.24) is 9.78 Å². The topological polar surface area (TPSA) is 27.1 Å². The largest absolute Gasteiger partial charge is 0.478 e. The summed E-state index contributed by atoms with van der Waals surface area (Å²) < 4.78 is 7.00. The Balaban J connectivity index is 2.47. The molecule has 1 aromatic rings. The Kier molecular flexibility index (Phi) is 3.21. The highest BCUT2D eigenvalue weighted by molar-refractivity contribution is 5.12. The Labute approximate surface area is 72.3 Å². The lowest BCUT2D eigenvalue weighted by atomic mass is 10.5. The van der Waals surface area contributed by atoms with Crippen LogP contribution in [-0.4, -0.2) is 16.4 Å². The van der Waals surface area contributed by atoms with Crippen molar-refractivity contribution < 1.29 is 4.74 Å². The van der Waals surface area contributed by atoms with E-state index in [0.29, 0.717) is 6.61 Å². The van der Waals surface area contributed by atoms with Crippen LogP contribution in [0.25, 0.3) is 0 Å². The summed E-state index contributed by atoms with van der Waals surface area (Å²) >= 11 is 0. The molecule has 0 spiro atoms. The van der Waals surface area contributed by atoms with Crippen LogP contribution in [0.2, 0.25) is 0 Å². The number of rotatable bonds is 4. The van der Waals surface area contributed by atoms with Crippen LogP contribution in [0.4, 0.5) is 0 Å². The minimum atomic E-state index is 0.303. The molecule has 0 saturated heterocycles. The maximum atomic E-state index is 5.16. The molecule has 1 heterocycles. The SMILES string of the molecule is C#CCOc1cnn(CCC)c1. The smallest absolute Gasteiger partial charge is 0.158 e. The summed E-state index contributed by atoms with van der Waals surface area (Å²) in [7, 11) is 0. The van der Waals surface area contributed by atoms with Crippen LogP contribution >= 0.6 is 0 Å². The molecular formula is C9H12N2O. The van der Waals surface area contributed by atoms with Gasteiger partial charge in [0.25, 0.3) is 0 Å². The van der Waals surface area contributed by atoms with Crippen LogP contribution in [0.5, 0.6) is 5.75 Å². The number of terminal acetylenes is 1. The lowest BCUT2D eigenvalue weighted by molar-refractivity contribution is 0.369. The quantitative estimate of drug-likeness (QED) is 0.627. The lowest BCUT2D eigenvalue weighted by Crippen LogP contribution is -1.96. The van der Waals surface area contributed by atoms with Crippen LogP contribution in [0, 0.1) is 12.3 Å². The highest BCUT2D eigenvalue weighted by Crippen LogP contribution is 2.07. The van der Waals surface area contributed by atoms with Crippen molar-refractivity contribution >= 4 is 0 Å². The fourth-order valence-corrected chi connectivity index (χ4v) is 0.896. The van der Waals surface area contributed by atoms with Gasteiger partial charge in [0.2, 0.25) is 0 Å². The first-order chi connectivity index (χ1) is 5.86. The molecule has 0 radical (unpaired) electrons. The van der Waals surface area contributed by atoms with E-state index in [-0.39, 0.29) is 0 Å². The van der Waals surface area contributed by atoms with Crippen LogP contribution in [0.1, 0.15) is 13.3 Å². The highest BCUT2D eigenvalue weighted by atomic mass is 16.5. The predicted molar refractivity (Wildman–Crippen MR) is 46.8 cm³/mol. The lowest BCUT2D eigenvalue weighted by Gasteiger charge is -1.96. The molecule has 3 heteroatoms. The van der Waals surface area contributed by atoms with Gasteiger partial charge in [-0.2, -0.15) is 5.10 Å². The fraction of sp³-hybridized carbons (Fsp3) is 0.444. The van der Waals surface area contributed by atoms with Gasteiger partial charge in [-0.3, -0.25) is 4.68 Å². The first-order valence-electron chi connectivity index (χ1n) is 3.95. The molecule has 0 bridgehead atoms. The first kappa shape index (κ1) is 8.66. The number of hydrogen-bond acceptors (Lipinski definition) is 2. The van der Waals surface area contributed by atoms with Crippen molar-refractivity contribution in [3.63, 3.8) is 0 Å². The zero-order chi connectivity index (χ0) is 8.81. The van der Waals surface area contributed by atoms with Crippen molar-refractivity contribution in [3.8, 4) is 18.1 Å². The van der Waals surface area contributed by atoms with Gasteiger partial charge in [0.15, 0.2) is 5.75 Å². The van der Waals surface area contributed by atoms with E-state index in [4.69, 9.17) is 11.2 Å². The van der Waals surface area contributed by atoms with E-state index < -0.39 is 0 Å². The summed E-state index contributed by atoms with van der Waals surface area (Å²) in [6.07, 6.45) is 9.63. The third kappa shape index (κ3) is 2.31. The van der Waals surface area contributed by atoms with Gasteiger partial charge in [-0.05, 0) is 6.42 Å². The summed E-state index contributed by atoms with van der Waals surface area (Å²) in [5, 5.41) is 4.08. The first-order valence-corrected chi connectivity index (χ1v) is 3.95. The van der Waals surface area contributed by atoms with E-state index in [1.54, 1.807) is 6.20 Å². The molecule has 0 aliphatic carbocycles. The van der Waals surface area contributed by atoms with Gasteiger partial charge in [-0.1, -0.05) is 12.8 Å². The Morgan fingerprint density at radius 1 is 1.75 bits per heavy atom. The molecule has 0 atom stereocenters. The van der Waals surface area contributed by atoms with Gasteiger partial charge in [-0.25, -0.2) is 0 Å². The van der Waals surface area contributed by atoms with Gasteiger partial charge in [0.1, 0.15) is 6.61 Å². The second kappa shape index (κ2) is 4.45. The number of aromatic nitrogens is 2. The summed E-state index contributed by atoms with van der Waals surface area (Å²) in [6.45, 7) is 3.32. The van der Waals surface area contributed by atoms with E-state index in [2.05, 4.69) is 17.9 Å². The zero-order valence-corrected chi connectivity index (χ0v) is 7.16. The Bertz CT molecular complexity index is 272. The van der Waals surface area contributed by atoms with Gasteiger partial charge >= 0.3 is 0 Å². The Hall–Kier alpha value is -1.43. The standard InChI is InChI=1S/C9H12N2O/c1-3-5-11-8-9(7-10-11)12-6-4-2/h2,7-8H,3,5-6H2,1H3. The number of aryl methyl sites for hydroxylation is 1.